The first-order chi connectivity index (χ1) is 9.26. The lowest BCUT2D eigenvalue weighted by Crippen LogP contribution is -2.29. The van der Waals surface area contributed by atoms with Crippen molar-refractivity contribution < 1.29 is 9.59 Å². The Hall–Kier alpha value is -2.22. The summed E-state index contributed by atoms with van der Waals surface area (Å²) in [6.07, 6.45) is 6.61. The van der Waals surface area contributed by atoms with E-state index >= 15 is 0 Å². The number of hydrogen-bond donors (Lipinski definition) is 0. The molecule has 0 radical (unpaired) electrons. The molecule has 19 heavy (non-hydrogen) atoms. The lowest BCUT2D eigenvalue weighted by molar-refractivity contribution is 0.565. The second kappa shape index (κ2) is 6.10. The highest BCUT2D eigenvalue weighted by Gasteiger charge is 2.14. The van der Waals surface area contributed by atoms with E-state index in [2.05, 4.69) is 14.9 Å². The van der Waals surface area contributed by atoms with Crippen molar-refractivity contribution in [2.75, 3.05) is 18.0 Å². The number of rotatable bonds is 3. The van der Waals surface area contributed by atoms with E-state index in [1.807, 2.05) is 12.1 Å². The van der Waals surface area contributed by atoms with Crippen LogP contribution in [0.3, 0.4) is 0 Å². The van der Waals surface area contributed by atoms with Crippen LogP contribution in [0.15, 0.2) is 22.1 Å². The molecule has 1 aliphatic rings. The number of aliphatic imine (C=N–C) groups is 2. The fourth-order valence-electron chi connectivity index (χ4n) is 2.33. The molecule has 0 bridgehead atoms. The van der Waals surface area contributed by atoms with Crippen molar-refractivity contribution in [3.05, 3.63) is 17.7 Å². The molecule has 0 aromatic heterocycles. The Balaban J connectivity index is 2.48. The Kier molecular flexibility index (Phi) is 4.24. The van der Waals surface area contributed by atoms with Gasteiger partial charge in [0.15, 0.2) is 0 Å². The SMILES string of the molecule is Cc1c(N=C=O)cc(N2CCCCC2)cc1N=C=O. The summed E-state index contributed by atoms with van der Waals surface area (Å²) in [7, 11) is 0. The van der Waals surface area contributed by atoms with Gasteiger partial charge in [-0.2, -0.15) is 9.98 Å². The number of benzene rings is 1. The highest BCUT2D eigenvalue weighted by molar-refractivity contribution is 5.72. The first-order valence-corrected chi connectivity index (χ1v) is 6.31. The van der Waals surface area contributed by atoms with Crippen LogP contribution in [-0.4, -0.2) is 25.2 Å². The van der Waals surface area contributed by atoms with Gasteiger partial charge in [0.05, 0.1) is 11.4 Å². The minimum absolute atomic E-state index is 0.507. The van der Waals surface area contributed by atoms with E-state index in [-0.39, 0.29) is 0 Å². The fourth-order valence-corrected chi connectivity index (χ4v) is 2.33. The average molecular weight is 257 g/mol. The minimum atomic E-state index is 0.507. The lowest BCUT2D eigenvalue weighted by Gasteiger charge is -2.29. The van der Waals surface area contributed by atoms with Crippen molar-refractivity contribution in [2.24, 2.45) is 9.98 Å². The summed E-state index contributed by atoms with van der Waals surface area (Å²) in [5, 5.41) is 0. The molecular weight excluding hydrogens is 242 g/mol. The Bertz CT molecular complexity index is 525. The van der Waals surface area contributed by atoms with Gasteiger partial charge in [0.25, 0.3) is 0 Å². The van der Waals surface area contributed by atoms with Crippen molar-refractivity contribution >= 4 is 29.2 Å². The standard InChI is InChI=1S/C14H15N3O2/c1-11-13(15-9-18)7-12(8-14(11)16-10-19)17-5-3-2-4-6-17/h7-8H,2-6H2,1H3. The molecule has 0 spiro atoms. The molecule has 1 heterocycles. The summed E-state index contributed by atoms with van der Waals surface area (Å²) in [4.78, 5) is 30.5. The molecule has 1 saturated heterocycles. The van der Waals surface area contributed by atoms with Gasteiger partial charge in [-0.15, -0.1) is 0 Å². The zero-order chi connectivity index (χ0) is 13.7. The number of hydrogen-bond acceptors (Lipinski definition) is 5. The van der Waals surface area contributed by atoms with E-state index in [9.17, 15) is 9.59 Å². The molecule has 5 heteroatoms. The molecule has 0 amide bonds. The highest BCUT2D eigenvalue weighted by Crippen LogP contribution is 2.34. The minimum Gasteiger partial charge on any atom is -0.371 e. The van der Waals surface area contributed by atoms with Gasteiger partial charge in [0.1, 0.15) is 0 Å². The smallest absolute Gasteiger partial charge is 0.240 e. The van der Waals surface area contributed by atoms with Crippen molar-refractivity contribution in [3.8, 4) is 0 Å². The van der Waals surface area contributed by atoms with Gasteiger partial charge in [0.2, 0.25) is 12.2 Å². The molecule has 1 aliphatic heterocycles. The van der Waals surface area contributed by atoms with Crippen LogP contribution in [0.4, 0.5) is 17.1 Å². The van der Waals surface area contributed by atoms with Crippen molar-refractivity contribution in [3.63, 3.8) is 0 Å². The Morgan fingerprint density at radius 2 is 1.53 bits per heavy atom. The normalized spacial score (nSPS) is 14.5. The summed E-state index contributed by atoms with van der Waals surface area (Å²) in [5.74, 6) is 0. The number of isocyanates is 2. The summed E-state index contributed by atoms with van der Waals surface area (Å²) in [6, 6.07) is 3.69. The van der Waals surface area contributed by atoms with E-state index in [0.717, 1.165) is 31.6 Å². The topological polar surface area (TPSA) is 62.1 Å². The van der Waals surface area contributed by atoms with Gasteiger partial charge in [-0.05, 0) is 38.3 Å². The van der Waals surface area contributed by atoms with E-state index in [1.54, 1.807) is 19.1 Å². The first kappa shape index (κ1) is 13.2. The molecular formula is C14H15N3O2. The molecule has 0 N–H and O–H groups in total. The van der Waals surface area contributed by atoms with E-state index in [1.165, 1.54) is 6.42 Å². The molecule has 0 aliphatic carbocycles. The monoisotopic (exact) mass is 257 g/mol. The molecule has 1 fully saturated rings. The van der Waals surface area contributed by atoms with Crippen molar-refractivity contribution in [1.82, 2.24) is 0 Å². The fraction of sp³-hybridized carbons (Fsp3) is 0.429. The highest BCUT2D eigenvalue weighted by atomic mass is 16.1. The largest absolute Gasteiger partial charge is 0.371 e. The quantitative estimate of drug-likeness (QED) is 0.617. The van der Waals surface area contributed by atoms with E-state index in [0.29, 0.717) is 16.9 Å². The van der Waals surface area contributed by atoms with Gasteiger partial charge in [-0.3, -0.25) is 0 Å². The zero-order valence-electron chi connectivity index (χ0n) is 10.8. The third-order valence-electron chi connectivity index (χ3n) is 3.39. The van der Waals surface area contributed by atoms with Gasteiger partial charge >= 0.3 is 0 Å². The van der Waals surface area contributed by atoms with Crippen molar-refractivity contribution in [1.29, 1.82) is 0 Å². The van der Waals surface area contributed by atoms with Crippen molar-refractivity contribution in [2.45, 2.75) is 26.2 Å². The molecule has 0 atom stereocenters. The molecule has 1 aromatic carbocycles. The van der Waals surface area contributed by atoms with E-state index < -0.39 is 0 Å². The number of anilines is 1. The summed E-state index contributed by atoms with van der Waals surface area (Å²) >= 11 is 0. The van der Waals surface area contributed by atoms with E-state index in [4.69, 9.17) is 0 Å². The van der Waals surface area contributed by atoms with Crippen LogP contribution in [0.5, 0.6) is 0 Å². The summed E-state index contributed by atoms with van der Waals surface area (Å²) < 4.78 is 0. The van der Waals surface area contributed by atoms with Crippen LogP contribution >= 0.6 is 0 Å². The molecule has 5 nitrogen and oxygen atoms in total. The van der Waals surface area contributed by atoms with Crippen LogP contribution < -0.4 is 4.90 Å². The van der Waals surface area contributed by atoms with Gasteiger partial charge in [-0.25, -0.2) is 9.59 Å². The third kappa shape index (κ3) is 2.97. The van der Waals surface area contributed by atoms with Crippen LogP contribution in [0.25, 0.3) is 0 Å². The summed E-state index contributed by atoms with van der Waals surface area (Å²) in [6.45, 7) is 3.71. The summed E-state index contributed by atoms with van der Waals surface area (Å²) in [5.41, 5.74) is 2.64. The molecule has 1 aromatic rings. The van der Waals surface area contributed by atoms with Gasteiger partial charge < -0.3 is 4.90 Å². The molecule has 0 saturated carbocycles. The van der Waals surface area contributed by atoms with Crippen LogP contribution in [0, 0.1) is 6.92 Å². The van der Waals surface area contributed by atoms with Crippen LogP contribution in [0.2, 0.25) is 0 Å². The maximum Gasteiger partial charge on any atom is 0.240 e. The number of carbonyl (C=O) groups excluding carboxylic acids is 2. The maximum atomic E-state index is 10.5. The van der Waals surface area contributed by atoms with Gasteiger partial charge in [0, 0.05) is 24.3 Å². The lowest BCUT2D eigenvalue weighted by atomic mass is 10.1. The predicted molar refractivity (Wildman–Crippen MR) is 72.8 cm³/mol. The molecule has 0 unspecified atom stereocenters. The number of piperidine rings is 1. The Morgan fingerprint density at radius 1 is 1.00 bits per heavy atom. The van der Waals surface area contributed by atoms with Crippen LogP contribution in [0.1, 0.15) is 24.8 Å². The predicted octanol–water partition coefficient (Wildman–Crippen LogP) is 2.92. The molecule has 98 valence electrons. The second-order valence-corrected chi connectivity index (χ2v) is 4.56. The van der Waals surface area contributed by atoms with Gasteiger partial charge in [-0.1, -0.05) is 0 Å². The Morgan fingerprint density at radius 3 is 2.00 bits per heavy atom. The maximum absolute atomic E-state index is 10.5. The first-order valence-electron chi connectivity index (χ1n) is 6.31. The Labute approximate surface area is 111 Å². The second-order valence-electron chi connectivity index (χ2n) is 4.56. The third-order valence-corrected chi connectivity index (χ3v) is 3.39. The molecule has 2 rings (SSSR count). The average Bonchev–Trinajstić information content (AvgIpc) is 2.44. The van der Waals surface area contributed by atoms with Crippen LogP contribution in [-0.2, 0) is 9.59 Å². The zero-order valence-corrected chi connectivity index (χ0v) is 10.8. The number of nitrogens with zero attached hydrogens (tertiary/aromatic N) is 3.